The maximum atomic E-state index is 12.7. The fraction of sp³-hybridized carbons (Fsp3) is 0.812. The number of nitrogens with zero attached hydrogens (tertiary/aromatic N) is 1. The molecule has 0 aromatic heterocycles. The predicted octanol–water partition coefficient (Wildman–Crippen LogP) is 13.3. The van der Waals surface area contributed by atoms with E-state index in [1.807, 2.05) is 21.1 Å². The number of ether oxygens (including phenoxy) is 2. The zero-order valence-corrected chi connectivity index (χ0v) is 38.7. The van der Waals surface area contributed by atoms with Gasteiger partial charge in [0.15, 0.2) is 0 Å². The lowest BCUT2D eigenvalue weighted by Gasteiger charge is -2.28. The highest BCUT2D eigenvalue weighted by Crippen LogP contribution is 2.38. The first-order chi connectivity index (χ1) is 27.6. The van der Waals surface area contributed by atoms with Gasteiger partial charge in [-0.15, -0.1) is 0 Å². The van der Waals surface area contributed by atoms with E-state index in [-0.39, 0.29) is 25.8 Å². The average Bonchev–Trinajstić information content (AvgIpc) is 3.16. The van der Waals surface area contributed by atoms with E-state index in [9.17, 15) is 14.3 Å². The molecule has 2 atom stereocenters. The van der Waals surface area contributed by atoms with E-state index in [2.05, 4.69) is 62.5 Å². The fourth-order valence-electron chi connectivity index (χ4n) is 6.30. The van der Waals surface area contributed by atoms with Crippen LogP contribution in [0.3, 0.4) is 0 Å². The highest BCUT2D eigenvalue weighted by atomic mass is 31.2. The summed E-state index contributed by atoms with van der Waals surface area (Å²) in [5, 5.41) is 0. The number of carbonyl (C=O) groups excluding carboxylic acids is 1. The summed E-state index contributed by atoms with van der Waals surface area (Å²) in [5.74, 6) is -0.344. The predicted molar refractivity (Wildman–Crippen MR) is 240 cm³/mol. The van der Waals surface area contributed by atoms with Crippen LogP contribution in [0, 0.1) is 0 Å². The molecule has 0 saturated carbocycles. The van der Waals surface area contributed by atoms with Gasteiger partial charge in [-0.05, 0) is 51.4 Å². The standard InChI is InChI=1S/C48H90NO7P/c1-6-8-10-12-14-16-18-20-22-24-25-26-27-29-31-33-35-37-39-41-48(50)56-47(46-55-57(51,52)54-44-42-49(3,4)5)45-53-43-40-38-36-34-32-30-28-23-21-19-17-15-13-11-9-7-2/h9,11,15,17,21,23,30,32,47H,6-8,10,12-14,16,18-20,22,24-29,31,33-46H2,1-5H3/b11-9-,17-15-,23-21-,32-30-. The SMILES string of the molecule is CC/C=C\C/C=C\C/C=C\C/C=C\CCCCCOCC(COP(=O)([O-])OCC[N+](C)(C)C)OC(=O)CCCCCCCCCCCCCCCCCCCCC. The third kappa shape index (κ3) is 45.4. The Morgan fingerprint density at radius 1 is 0.561 bits per heavy atom. The summed E-state index contributed by atoms with van der Waals surface area (Å²) < 4.78 is 34.6. The van der Waals surface area contributed by atoms with Crippen molar-refractivity contribution in [3.63, 3.8) is 0 Å². The summed E-state index contributed by atoms with van der Waals surface area (Å²) in [6.07, 6.45) is 49.9. The number of carbonyl (C=O) groups is 1. The Morgan fingerprint density at radius 2 is 1.02 bits per heavy atom. The number of unbranched alkanes of at least 4 members (excludes halogenated alkanes) is 21. The molecule has 0 rings (SSSR count). The van der Waals surface area contributed by atoms with Gasteiger partial charge in [-0.1, -0.05) is 184 Å². The van der Waals surface area contributed by atoms with Crippen molar-refractivity contribution in [3.8, 4) is 0 Å². The zero-order valence-electron chi connectivity index (χ0n) is 37.8. The van der Waals surface area contributed by atoms with Crippen LogP contribution in [0.15, 0.2) is 48.6 Å². The molecular formula is C48H90NO7P. The third-order valence-electron chi connectivity index (χ3n) is 9.89. The lowest BCUT2D eigenvalue weighted by atomic mass is 10.0. The van der Waals surface area contributed by atoms with Crippen molar-refractivity contribution in [3.05, 3.63) is 48.6 Å². The van der Waals surface area contributed by atoms with Crippen LogP contribution in [0.2, 0.25) is 0 Å². The van der Waals surface area contributed by atoms with Gasteiger partial charge in [-0.25, -0.2) is 0 Å². The van der Waals surface area contributed by atoms with Crippen molar-refractivity contribution in [1.82, 2.24) is 0 Å². The Hall–Kier alpha value is -1.54. The van der Waals surface area contributed by atoms with Crippen molar-refractivity contribution >= 4 is 13.8 Å². The number of rotatable bonds is 43. The fourth-order valence-corrected chi connectivity index (χ4v) is 7.03. The summed E-state index contributed by atoms with van der Waals surface area (Å²) in [6.45, 7) is 5.24. The van der Waals surface area contributed by atoms with Crippen LogP contribution in [0.1, 0.15) is 194 Å². The number of quaternary nitrogens is 1. The van der Waals surface area contributed by atoms with Crippen molar-refractivity contribution in [2.45, 2.75) is 200 Å². The van der Waals surface area contributed by atoms with Gasteiger partial charge < -0.3 is 27.9 Å². The lowest BCUT2D eigenvalue weighted by Crippen LogP contribution is -2.37. The number of hydrogen-bond donors (Lipinski definition) is 0. The summed E-state index contributed by atoms with van der Waals surface area (Å²) in [5.41, 5.74) is 0. The van der Waals surface area contributed by atoms with Gasteiger partial charge in [0.25, 0.3) is 7.82 Å². The molecule has 0 bridgehead atoms. The number of esters is 1. The van der Waals surface area contributed by atoms with Crippen molar-refractivity contribution in [2.24, 2.45) is 0 Å². The first-order valence-electron chi connectivity index (χ1n) is 23.4. The second-order valence-electron chi connectivity index (χ2n) is 16.7. The van der Waals surface area contributed by atoms with Crippen LogP contribution >= 0.6 is 7.82 Å². The van der Waals surface area contributed by atoms with Crippen LogP contribution < -0.4 is 4.89 Å². The zero-order chi connectivity index (χ0) is 42.0. The van der Waals surface area contributed by atoms with E-state index in [1.54, 1.807) is 0 Å². The van der Waals surface area contributed by atoms with Crippen molar-refractivity contribution in [2.75, 3.05) is 54.1 Å². The summed E-state index contributed by atoms with van der Waals surface area (Å²) in [4.78, 5) is 25.1. The molecule has 0 spiro atoms. The summed E-state index contributed by atoms with van der Waals surface area (Å²) in [6, 6.07) is 0. The molecule has 2 unspecified atom stereocenters. The van der Waals surface area contributed by atoms with E-state index in [4.69, 9.17) is 18.5 Å². The molecule has 0 aliphatic rings. The van der Waals surface area contributed by atoms with Gasteiger partial charge in [-0.2, -0.15) is 0 Å². The van der Waals surface area contributed by atoms with Crippen molar-refractivity contribution in [1.29, 1.82) is 0 Å². The molecule has 0 aliphatic heterocycles. The number of phosphoric acid groups is 1. The Bertz CT molecular complexity index is 1050. The van der Waals surface area contributed by atoms with Gasteiger partial charge in [0.05, 0.1) is 34.4 Å². The molecular weight excluding hydrogens is 734 g/mol. The van der Waals surface area contributed by atoms with Gasteiger partial charge in [-0.3, -0.25) is 9.36 Å². The Morgan fingerprint density at radius 3 is 1.51 bits per heavy atom. The van der Waals surface area contributed by atoms with E-state index in [0.717, 1.165) is 70.6 Å². The molecule has 0 aliphatic carbocycles. The molecule has 0 amide bonds. The second kappa shape index (κ2) is 41.2. The van der Waals surface area contributed by atoms with Crippen LogP contribution in [-0.4, -0.2) is 70.7 Å². The minimum absolute atomic E-state index is 0.0194. The molecule has 0 fully saturated rings. The first-order valence-corrected chi connectivity index (χ1v) is 24.8. The normalized spacial score (nSPS) is 14.1. The largest absolute Gasteiger partial charge is 0.756 e. The lowest BCUT2D eigenvalue weighted by molar-refractivity contribution is -0.870. The first kappa shape index (κ1) is 55.5. The van der Waals surface area contributed by atoms with E-state index in [1.165, 1.54) is 103 Å². The molecule has 334 valence electrons. The summed E-state index contributed by atoms with van der Waals surface area (Å²) >= 11 is 0. The van der Waals surface area contributed by atoms with E-state index in [0.29, 0.717) is 24.1 Å². The van der Waals surface area contributed by atoms with Crippen LogP contribution in [0.5, 0.6) is 0 Å². The smallest absolute Gasteiger partial charge is 0.306 e. The Kier molecular flexibility index (Phi) is 40.1. The van der Waals surface area contributed by atoms with Crippen LogP contribution in [-0.2, 0) is 27.9 Å². The molecule has 8 nitrogen and oxygen atoms in total. The summed E-state index contributed by atoms with van der Waals surface area (Å²) in [7, 11) is 1.34. The molecule has 0 N–H and O–H groups in total. The number of phosphoric ester groups is 1. The molecule has 9 heteroatoms. The number of hydrogen-bond acceptors (Lipinski definition) is 7. The molecule has 0 saturated heterocycles. The third-order valence-corrected chi connectivity index (χ3v) is 10.9. The Labute approximate surface area is 352 Å². The van der Waals surface area contributed by atoms with Gasteiger partial charge >= 0.3 is 5.97 Å². The van der Waals surface area contributed by atoms with Crippen LogP contribution in [0.25, 0.3) is 0 Å². The quantitative estimate of drug-likeness (QED) is 0.0199. The number of likely N-dealkylation sites (N-methyl/N-ethyl adjacent to an activating group) is 1. The van der Waals surface area contributed by atoms with Gasteiger partial charge in [0.2, 0.25) is 0 Å². The van der Waals surface area contributed by atoms with Crippen molar-refractivity contribution < 1.29 is 37.3 Å². The highest BCUT2D eigenvalue weighted by Gasteiger charge is 2.20. The maximum absolute atomic E-state index is 12.7. The molecule has 57 heavy (non-hydrogen) atoms. The molecule has 0 aromatic rings. The van der Waals surface area contributed by atoms with E-state index >= 15 is 0 Å². The van der Waals surface area contributed by atoms with E-state index < -0.39 is 13.9 Å². The minimum Gasteiger partial charge on any atom is -0.756 e. The average molecular weight is 824 g/mol. The Balaban J connectivity index is 4.22. The molecule has 0 radical (unpaired) electrons. The van der Waals surface area contributed by atoms with Gasteiger partial charge in [0.1, 0.15) is 19.3 Å². The molecule has 0 heterocycles. The van der Waals surface area contributed by atoms with Gasteiger partial charge in [0, 0.05) is 13.0 Å². The maximum Gasteiger partial charge on any atom is 0.306 e. The second-order valence-corrected chi connectivity index (χ2v) is 18.2. The monoisotopic (exact) mass is 824 g/mol. The number of allylic oxidation sites excluding steroid dienone is 8. The van der Waals surface area contributed by atoms with Crippen LogP contribution in [0.4, 0.5) is 0 Å². The highest BCUT2D eigenvalue weighted by molar-refractivity contribution is 7.45. The topological polar surface area (TPSA) is 94.1 Å². The minimum atomic E-state index is -4.53. The molecule has 0 aromatic carbocycles.